The van der Waals surface area contributed by atoms with E-state index >= 15 is 0 Å². The molecule has 2 nitrogen and oxygen atoms in total. The fraction of sp³-hybridized carbons (Fsp3) is 0.533. The van der Waals surface area contributed by atoms with E-state index < -0.39 is 0 Å². The SMILES string of the molecule is CON=C(c1ccc(Cl)cc1)C([AsH2])CC1CCCC1. The standard InChI is InChI=1S/C15H21AsClNO/c1-19-18-15(12-6-8-13(17)9-7-12)14(16)10-11-4-2-3-5-11/h6-9,11,14H,2-5,10,16H2,1H3. The van der Waals surface area contributed by atoms with E-state index in [2.05, 4.69) is 5.16 Å². The Morgan fingerprint density at radius 3 is 2.58 bits per heavy atom. The van der Waals surface area contributed by atoms with Gasteiger partial charge < -0.3 is 0 Å². The molecule has 2 atom stereocenters. The maximum atomic E-state index is 5.94. The third-order valence-corrected chi connectivity index (χ3v) is 5.23. The molecule has 2 rings (SSSR count). The van der Waals surface area contributed by atoms with E-state index in [9.17, 15) is 0 Å². The van der Waals surface area contributed by atoms with Crippen molar-refractivity contribution in [2.24, 2.45) is 11.1 Å². The molecule has 1 aromatic carbocycles. The Kier molecular flexibility index (Phi) is 5.78. The van der Waals surface area contributed by atoms with Crippen LogP contribution in [0.5, 0.6) is 0 Å². The second kappa shape index (κ2) is 7.36. The molecule has 4 heteroatoms. The van der Waals surface area contributed by atoms with E-state index in [-0.39, 0.29) is 0 Å². The summed E-state index contributed by atoms with van der Waals surface area (Å²) in [6, 6.07) is 7.89. The van der Waals surface area contributed by atoms with Gasteiger partial charge in [0.2, 0.25) is 0 Å². The topological polar surface area (TPSA) is 21.6 Å². The number of halogens is 1. The summed E-state index contributed by atoms with van der Waals surface area (Å²) in [4.78, 5) is 5.04. The summed E-state index contributed by atoms with van der Waals surface area (Å²) in [5.41, 5.74) is 2.18. The van der Waals surface area contributed by atoms with Gasteiger partial charge in [-0.25, -0.2) is 0 Å². The second-order valence-electron chi connectivity index (χ2n) is 5.16. The summed E-state index contributed by atoms with van der Waals surface area (Å²) in [6.45, 7) is 0. The molecule has 0 radical (unpaired) electrons. The van der Waals surface area contributed by atoms with Crippen molar-refractivity contribution in [3.63, 3.8) is 0 Å². The molecule has 19 heavy (non-hydrogen) atoms. The zero-order valence-electron chi connectivity index (χ0n) is 11.3. The molecular weight excluding hydrogens is 321 g/mol. The third kappa shape index (κ3) is 4.26. The van der Waals surface area contributed by atoms with E-state index in [0.29, 0.717) is 4.71 Å². The molecule has 1 aliphatic carbocycles. The summed E-state index contributed by atoms with van der Waals surface area (Å²) in [5.74, 6) is 0.867. The molecule has 0 heterocycles. The van der Waals surface area contributed by atoms with Crippen molar-refractivity contribution in [2.75, 3.05) is 7.11 Å². The quantitative estimate of drug-likeness (QED) is 0.455. The van der Waals surface area contributed by atoms with E-state index in [1.165, 1.54) is 32.1 Å². The first-order chi connectivity index (χ1) is 9.20. The van der Waals surface area contributed by atoms with E-state index in [1.54, 1.807) is 24.0 Å². The Morgan fingerprint density at radius 2 is 2.00 bits per heavy atom. The van der Waals surface area contributed by atoms with Gasteiger partial charge in [-0.05, 0) is 0 Å². The first-order valence-electron chi connectivity index (χ1n) is 6.83. The number of hydrogen-bond acceptors (Lipinski definition) is 2. The van der Waals surface area contributed by atoms with Crippen molar-refractivity contribution >= 4 is 34.2 Å². The van der Waals surface area contributed by atoms with Crippen LogP contribution >= 0.6 is 11.6 Å². The summed E-state index contributed by atoms with van der Waals surface area (Å²) < 4.78 is 0.483. The predicted molar refractivity (Wildman–Crippen MR) is 83.9 cm³/mol. The molecule has 0 aliphatic heterocycles. The van der Waals surface area contributed by atoms with Crippen molar-refractivity contribution in [2.45, 2.75) is 36.8 Å². The third-order valence-electron chi connectivity index (χ3n) is 3.74. The predicted octanol–water partition coefficient (Wildman–Crippen LogP) is 3.69. The maximum absolute atomic E-state index is 5.94. The Morgan fingerprint density at radius 1 is 1.37 bits per heavy atom. The van der Waals surface area contributed by atoms with Crippen molar-refractivity contribution in [1.29, 1.82) is 0 Å². The average molecular weight is 342 g/mol. The molecule has 0 spiro atoms. The average Bonchev–Trinajstić information content (AvgIpc) is 2.90. The van der Waals surface area contributed by atoms with Gasteiger partial charge in [0.1, 0.15) is 0 Å². The molecule has 0 aromatic heterocycles. The van der Waals surface area contributed by atoms with Crippen LogP contribution in [-0.4, -0.2) is 29.7 Å². The van der Waals surface area contributed by atoms with Gasteiger partial charge in [0.25, 0.3) is 0 Å². The molecule has 1 aliphatic rings. The Labute approximate surface area is 129 Å². The van der Waals surface area contributed by atoms with E-state index in [4.69, 9.17) is 16.4 Å². The molecule has 0 saturated heterocycles. The van der Waals surface area contributed by atoms with Crippen molar-refractivity contribution in [3.05, 3.63) is 34.9 Å². The van der Waals surface area contributed by atoms with Crippen LogP contribution in [0, 0.1) is 5.92 Å². The Bertz CT molecular complexity index is 426. The van der Waals surface area contributed by atoms with Gasteiger partial charge in [-0.2, -0.15) is 0 Å². The van der Waals surface area contributed by atoms with Crippen molar-refractivity contribution < 1.29 is 4.84 Å². The summed E-state index contributed by atoms with van der Waals surface area (Å²) in [6.07, 6.45) is 6.76. The fourth-order valence-electron chi connectivity index (χ4n) is 2.77. The van der Waals surface area contributed by atoms with Gasteiger partial charge in [-0.3, -0.25) is 0 Å². The number of oxime groups is 1. The number of hydrogen-bond donors (Lipinski definition) is 0. The second-order valence-corrected chi connectivity index (χ2v) is 7.28. The summed E-state index contributed by atoms with van der Waals surface area (Å²) >= 11 is 7.68. The van der Waals surface area contributed by atoms with E-state index in [1.807, 2.05) is 24.3 Å². The van der Waals surface area contributed by atoms with Gasteiger partial charge >= 0.3 is 129 Å². The van der Waals surface area contributed by atoms with Gasteiger partial charge in [0.05, 0.1) is 0 Å². The molecular formula is C15H21AsClNO. The molecule has 0 amide bonds. The Hall–Kier alpha value is -0.462. The molecule has 1 aromatic rings. The minimum atomic E-state index is 0.483. The van der Waals surface area contributed by atoms with Crippen LogP contribution in [0.25, 0.3) is 0 Å². The summed E-state index contributed by atoms with van der Waals surface area (Å²) in [5, 5.41) is 5.01. The number of rotatable bonds is 5. The zero-order valence-corrected chi connectivity index (χ0v) is 14.5. The molecule has 1 fully saturated rings. The van der Waals surface area contributed by atoms with Gasteiger partial charge in [-0.15, -0.1) is 0 Å². The van der Waals surface area contributed by atoms with Crippen LogP contribution in [0.2, 0.25) is 9.73 Å². The minimum absolute atomic E-state index is 0.483. The van der Waals surface area contributed by atoms with Gasteiger partial charge in [-0.1, -0.05) is 0 Å². The molecule has 104 valence electrons. The summed E-state index contributed by atoms with van der Waals surface area (Å²) in [7, 11) is 1.62. The van der Waals surface area contributed by atoms with Crippen LogP contribution in [0.1, 0.15) is 37.7 Å². The van der Waals surface area contributed by atoms with Crippen LogP contribution in [0.15, 0.2) is 29.4 Å². The van der Waals surface area contributed by atoms with Gasteiger partial charge in [0.15, 0.2) is 0 Å². The van der Waals surface area contributed by atoms with Crippen molar-refractivity contribution in [3.8, 4) is 0 Å². The number of nitrogens with zero attached hydrogens (tertiary/aromatic N) is 1. The fourth-order valence-corrected chi connectivity index (χ4v) is 4.24. The first-order valence-corrected chi connectivity index (χ1v) is 8.61. The van der Waals surface area contributed by atoms with Crippen molar-refractivity contribution in [1.82, 2.24) is 0 Å². The molecule has 2 unspecified atom stereocenters. The molecule has 0 N–H and O–H groups in total. The zero-order chi connectivity index (χ0) is 13.7. The van der Waals surface area contributed by atoms with Crippen LogP contribution in [0.4, 0.5) is 0 Å². The number of benzene rings is 1. The van der Waals surface area contributed by atoms with Crippen LogP contribution < -0.4 is 0 Å². The normalized spacial score (nSPS) is 18.6. The first kappa shape index (κ1) is 14.9. The monoisotopic (exact) mass is 341 g/mol. The van der Waals surface area contributed by atoms with E-state index in [0.717, 1.165) is 22.2 Å². The van der Waals surface area contributed by atoms with Crippen LogP contribution in [-0.2, 0) is 4.84 Å². The molecule has 1 saturated carbocycles. The Balaban J connectivity index is 2.10. The molecule has 0 bridgehead atoms. The van der Waals surface area contributed by atoms with Gasteiger partial charge in [0, 0.05) is 0 Å². The van der Waals surface area contributed by atoms with Crippen LogP contribution in [0.3, 0.4) is 0 Å².